The fraction of sp³-hybridized carbons (Fsp3) is 0.300. The summed E-state index contributed by atoms with van der Waals surface area (Å²) in [5, 5.41) is 6.07. The Balaban J connectivity index is 1.34. The van der Waals surface area contributed by atoms with E-state index in [1.807, 2.05) is 45.2 Å². The molecule has 5 rings (SSSR count). The second-order valence-electron chi connectivity index (χ2n) is 6.88. The van der Waals surface area contributed by atoms with E-state index in [0.717, 1.165) is 47.4 Å². The van der Waals surface area contributed by atoms with E-state index in [0.29, 0.717) is 24.7 Å². The van der Waals surface area contributed by atoms with Gasteiger partial charge in [-0.2, -0.15) is 4.98 Å². The third kappa shape index (κ3) is 3.20. The molecule has 0 saturated carbocycles. The maximum absolute atomic E-state index is 12.3. The van der Waals surface area contributed by atoms with Gasteiger partial charge in [-0.3, -0.25) is 4.79 Å². The van der Waals surface area contributed by atoms with E-state index in [-0.39, 0.29) is 5.91 Å². The average molecular weight is 393 g/mol. The highest BCUT2D eigenvalue weighted by Gasteiger charge is 2.18. The first kappa shape index (κ1) is 17.1. The predicted octanol–water partition coefficient (Wildman–Crippen LogP) is 3.83. The summed E-state index contributed by atoms with van der Waals surface area (Å²) in [5.41, 5.74) is 2.71. The van der Waals surface area contributed by atoms with Crippen molar-refractivity contribution < 1.29 is 9.32 Å². The number of likely N-dealkylation sites (tertiary alicyclic amines) is 1. The number of carbonyl (C=O) groups excluding carboxylic acids is 1. The Morgan fingerprint density at radius 2 is 2.11 bits per heavy atom. The third-order valence-corrected chi connectivity index (χ3v) is 5.92. The van der Waals surface area contributed by atoms with Crippen LogP contribution in [0.15, 0.2) is 46.6 Å². The zero-order chi connectivity index (χ0) is 18.9. The van der Waals surface area contributed by atoms with Crippen molar-refractivity contribution in [3.05, 3.63) is 42.0 Å². The number of benzene rings is 1. The average Bonchev–Trinajstić information content (AvgIpc) is 3.51. The molecule has 0 unspecified atom stereocenters. The molecule has 1 aliphatic heterocycles. The zero-order valence-electron chi connectivity index (χ0n) is 15.2. The molecule has 0 aliphatic carbocycles. The van der Waals surface area contributed by atoms with Crippen molar-refractivity contribution in [3.63, 3.8) is 0 Å². The van der Waals surface area contributed by atoms with E-state index >= 15 is 0 Å². The molecule has 3 aromatic heterocycles. The van der Waals surface area contributed by atoms with Crippen LogP contribution in [0, 0.1) is 0 Å². The van der Waals surface area contributed by atoms with Gasteiger partial charge in [0.2, 0.25) is 11.7 Å². The van der Waals surface area contributed by atoms with Crippen molar-refractivity contribution in [1.82, 2.24) is 24.6 Å². The quantitative estimate of drug-likeness (QED) is 0.515. The van der Waals surface area contributed by atoms with Crippen LogP contribution in [-0.4, -0.2) is 43.6 Å². The lowest BCUT2D eigenvalue weighted by Gasteiger charge is -2.15. The maximum atomic E-state index is 12.3. The van der Waals surface area contributed by atoms with E-state index < -0.39 is 0 Å². The molecule has 142 valence electrons. The largest absolute Gasteiger partial charge is 0.343 e. The van der Waals surface area contributed by atoms with Crippen LogP contribution in [0.2, 0.25) is 0 Å². The standard InChI is InChI=1S/C20H19N5O2S/c26-18(24-8-1-2-9-24)7-10-25-13-21-15-12-14(5-6-16(15)25)19-22-20(27-23-19)17-4-3-11-28-17/h3-6,11-13H,1-2,7-10H2. The van der Waals surface area contributed by atoms with Crippen molar-refractivity contribution in [2.24, 2.45) is 0 Å². The molecule has 8 heteroatoms. The summed E-state index contributed by atoms with van der Waals surface area (Å²) in [5.74, 6) is 1.30. The van der Waals surface area contributed by atoms with E-state index in [1.54, 1.807) is 17.7 Å². The first-order valence-electron chi connectivity index (χ1n) is 9.38. The summed E-state index contributed by atoms with van der Waals surface area (Å²) in [4.78, 5) is 24.2. The second kappa shape index (κ2) is 7.20. The number of amides is 1. The molecule has 1 fully saturated rings. The molecule has 1 saturated heterocycles. The van der Waals surface area contributed by atoms with E-state index in [4.69, 9.17) is 4.52 Å². The number of thiophene rings is 1. The number of aryl methyl sites for hydroxylation is 1. The van der Waals surface area contributed by atoms with Crippen LogP contribution < -0.4 is 0 Å². The van der Waals surface area contributed by atoms with Gasteiger partial charge in [0, 0.05) is 31.6 Å². The summed E-state index contributed by atoms with van der Waals surface area (Å²) in [6.45, 7) is 2.42. The number of hydrogen-bond acceptors (Lipinski definition) is 6. The number of rotatable bonds is 5. The van der Waals surface area contributed by atoms with Crippen LogP contribution >= 0.6 is 11.3 Å². The Morgan fingerprint density at radius 1 is 1.21 bits per heavy atom. The van der Waals surface area contributed by atoms with Crippen LogP contribution in [0.25, 0.3) is 33.2 Å². The van der Waals surface area contributed by atoms with Gasteiger partial charge in [-0.15, -0.1) is 11.3 Å². The molecule has 7 nitrogen and oxygen atoms in total. The van der Waals surface area contributed by atoms with Gasteiger partial charge in [0.1, 0.15) is 0 Å². The van der Waals surface area contributed by atoms with Crippen LogP contribution in [0.5, 0.6) is 0 Å². The van der Waals surface area contributed by atoms with Crippen molar-refractivity contribution in [2.75, 3.05) is 13.1 Å². The first-order chi connectivity index (χ1) is 13.8. The molecular formula is C20H19N5O2S. The normalized spacial score (nSPS) is 14.2. The number of aromatic nitrogens is 4. The number of carbonyl (C=O) groups is 1. The third-order valence-electron chi connectivity index (χ3n) is 5.06. The summed E-state index contributed by atoms with van der Waals surface area (Å²) >= 11 is 1.56. The lowest BCUT2D eigenvalue weighted by Crippen LogP contribution is -2.28. The highest BCUT2D eigenvalue weighted by molar-refractivity contribution is 7.13. The Bertz CT molecular complexity index is 1110. The fourth-order valence-electron chi connectivity index (χ4n) is 3.56. The van der Waals surface area contributed by atoms with Crippen molar-refractivity contribution in [1.29, 1.82) is 0 Å². The number of nitrogens with zero attached hydrogens (tertiary/aromatic N) is 5. The predicted molar refractivity (Wildman–Crippen MR) is 107 cm³/mol. The van der Waals surface area contributed by atoms with E-state index in [1.165, 1.54) is 0 Å². The van der Waals surface area contributed by atoms with Gasteiger partial charge in [0.15, 0.2) is 0 Å². The smallest absolute Gasteiger partial charge is 0.268 e. The number of hydrogen-bond donors (Lipinski definition) is 0. The van der Waals surface area contributed by atoms with E-state index in [9.17, 15) is 4.79 Å². The van der Waals surface area contributed by atoms with Gasteiger partial charge in [-0.25, -0.2) is 4.98 Å². The molecule has 28 heavy (non-hydrogen) atoms. The highest BCUT2D eigenvalue weighted by atomic mass is 32.1. The molecule has 4 heterocycles. The summed E-state index contributed by atoms with van der Waals surface area (Å²) in [6.07, 6.45) is 4.53. The van der Waals surface area contributed by atoms with Gasteiger partial charge in [-0.1, -0.05) is 11.2 Å². The van der Waals surface area contributed by atoms with E-state index in [2.05, 4.69) is 15.1 Å². The van der Waals surface area contributed by atoms with Crippen molar-refractivity contribution >= 4 is 28.3 Å². The topological polar surface area (TPSA) is 77.0 Å². The minimum atomic E-state index is 0.226. The minimum absolute atomic E-state index is 0.226. The molecule has 1 aromatic carbocycles. The molecule has 0 bridgehead atoms. The Hall–Kier alpha value is -3.00. The van der Waals surface area contributed by atoms with Gasteiger partial charge < -0.3 is 14.0 Å². The zero-order valence-corrected chi connectivity index (χ0v) is 16.1. The van der Waals surface area contributed by atoms with Gasteiger partial charge in [-0.05, 0) is 42.5 Å². The maximum Gasteiger partial charge on any atom is 0.268 e. The summed E-state index contributed by atoms with van der Waals surface area (Å²) < 4.78 is 7.40. The van der Waals surface area contributed by atoms with Crippen LogP contribution in [0.3, 0.4) is 0 Å². The molecule has 0 spiro atoms. The monoisotopic (exact) mass is 393 g/mol. The molecule has 1 aliphatic rings. The molecule has 0 radical (unpaired) electrons. The van der Waals surface area contributed by atoms with Crippen molar-refractivity contribution in [2.45, 2.75) is 25.8 Å². The summed E-state index contributed by atoms with van der Waals surface area (Å²) in [6, 6.07) is 9.83. The Kier molecular flexibility index (Phi) is 4.40. The second-order valence-corrected chi connectivity index (χ2v) is 7.83. The highest BCUT2D eigenvalue weighted by Crippen LogP contribution is 2.27. The lowest BCUT2D eigenvalue weighted by molar-refractivity contribution is -0.130. The van der Waals surface area contributed by atoms with Gasteiger partial charge in [0.25, 0.3) is 5.89 Å². The van der Waals surface area contributed by atoms with Crippen molar-refractivity contribution in [3.8, 4) is 22.2 Å². The van der Waals surface area contributed by atoms with Crippen LogP contribution in [0.4, 0.5) is 0 Å². The van der Waals surface area contributed by atoms with Gasteiger partial charge >= 0.3 is 0 Å². The Labute approximate surface area is 165 Å². The van der Waals surface area contributed by atoms with Crippen LogP contribution in [0.1, 0.15) is 19.3 Å². The lowest BCUT2D eigenvalue weighted by atomic mass is 10.2. The summed E-state index contributed by atoms with van der Waals surface area (Å²) in [7, 11) is 0. The van der Waals surface area contributed by atoms with Gasteiger partial charge in [0.05, 0.1) is 22.2 Å². The van der Waals surface area contributed by atoms with Crippen LogP contribution in [-0.2, 0) is 11.3 Å². The SMILES string of the molecule is O=C(CCn1cnc2cc(-c3noc(-c4cccs4)n3)ccc21)N1CCCC1. The molecule has 4 aromatic rings. The first-order valence-corrected chi connectivity index (χ1v) is 10.3. The molecular weight excluding hydrogens is 374 g/mol. The number of imidazole rings is 1. The molecule has 0 atom stereocenters. The minimum Gasteiger partial charge on any atom is -0.343 e. The number of fused-ring (bicyclic) bond motifs is 1. The fourth-order valence-corrected chi connectivity index (χ4v) is 4.21. The molecule has 1 amide bonds. The Morgan fingerprint density at radius 3 is 2.93 bits per heavy atom. The molecule has 0 N–H and O–H groups in total.